The fourth-order valence-corrected chi connectivity index (χ4v) is 2.18. The summed E-state index contributed by atoms with van der Waals surface area (Å²) in [6.07, 6.45) is 6.02. The smallest absolute Gasteiger partial charge is 0.283 e. The first-order valence-corrected chi connectivity index (χ1v) is 7.24. The van der Waals surface area contributed by atoms with Crippen LogP contribution < -0.4 is 10.9 Å². The number of aromatic nitrogens is 5. The Labute approximate surface area is 125 Å². The van der Waals surface area contributed by atoms with Gasteiger partial charge in [0.2, 0.25) is 0 Å². The van der Waals surface area contributed by atoms with Crippen molar-refractivity contribution in [3.05, 3.63) is 33.4 Å². The van der Waals surface area contributed by atoms with Crippen LogP contribution in [0.5, 0.6) is 0 Å². The highest BCUT2D eigenvalue weighted by Gasteiger charge is 2.10. The van der Waals surface area contributed by atoms with Crippen molar-refractivity contribution in [2.45, 2.75) is 32.9 Å². The minimum atomic E-state index is -0.124. The van der Waals surface area contributed by atoms with Gasteiger partial charge in [-0.15, -0.1) is 5.10 Å². The molecule has 0 aliphatic rings. The first-order chi connectivity index (χ1) is 9.59. The predicted octanol–water partition coefficient (Wildman–Crippen LogP) is 1.68. The summed E-state index contributed by atoms with van der Waals surface area (Å²) in [5.41, 5.74) is 0.590. The number of hydrogen-bond acceptors (Lipinski definition) is 5. The Bertz CT molecular complexity index is 607. The van der Waals surface area contributed by atoms with Gasteiger partial charge >= 0.3 is 0 Å². The van der Waals surface area contributed by atoms with Crippen molar-refractivity contribution in [2.75, 3.05) is 11.9 Å². The molecule has 0 saturated carbocycles. The number of halogens is 1. The Morgan fingerprint density at radius 3 is 2.90 bits per heavy atom. The summed E-state index contributed by atoms with van der Waals surface area (Å²) >= 11 is 3.33. The van der Waals surface area contributed by atoms with Gasteiger partial charge in [0.05, 0.1) is 24.1 Å². The summed E-state index contributed by atoms with van der Waals surface area (Å²) in [6.45, 7) is 5.35. The van der Waals surface area contributed by atoms with Crippen LogP contribution in [0.25, 0.3) is 0 Å². The van der Waals surface area contributed by atoms with E-state index in [1.54, 1.807) is 17.1 Å². The van der Waals surface area contributed by atoms with Gasteiger partial charge in [-0.2, -0.15) is 5.10 Å². The topological polar surface area (TPSA) is 77.6 Å². The Morgan fingerprint density at radius 2 is 2.25 bits per heavy atom. The Balaban J connectivity index is 1.93. The van der Waals surface area contributed by atoms with Crippen molar-refractivity contribution in [1.82, 2.24) is 24.8 Å². The molecule has 0 unspecified atom stereocenters. The lowest BCUT2D eigenvalue weighted by Crippen LogP contribution is -2.26. The lowest BCUT2D eigenvalue weighted by molar-refractivity contribution is 0.501. The molecule has 20 heavy (non-hydrogen) atoms. The molecule has 8 heteroatoms. The van der Waals surface area contributed by atoms with Crippen molar-refractivity contribution in [2.24, 2.45) is 0 Å². The summed E-state index contributed by atoms with van der Waals surface area (Å²) in [5.74, 6) is 0. The number of aryl methyl sites for hydroxylation is 1. The van der Waals surface area contributed by atoms with E-state index in [-0.39, 0.29) is 11.6 Å². The Kier molecular flexibility index (Phi) is 4.89. The van der Waals surface area contributed by atoms with E-state index in [9.17, 15) is 4.79 Å². The highest BCUT2D eigenvalue weighted by molar-refractivity contribution is 9.10. The van der Waals surface area contributed by atoms with E-state index in [1.165, 1.54) is 4.68 Å². The largest absolute Gasteiger partial charge is 0.383 e. The molecule has 2 aromatic heterocycles. The number of hydrogen-bond donors (Lipinski definition) is 1. The summed E-state index contributed by atoms with van der Waals surface area (Å²) < 4.78 is 3.73. The molecule has 0 radical (unpaired) electrons. The lowest BCUT2D eigenvalue weighted by atomic mass is 10.3. The van der Waals surface area contributed by atoms with E-state index in [1.807, 2.05) is 20.0 Å². The molecule has 108 valence electrons. The molecule has 0 bridgehead atoms. The van der Waals surface area contributed by atoms with E-state index in [0.717, 1.165) is 19.5 Å². The molecular weight excluding hydrogens is 324 g/mol. The summed E-state index contributed by atoms with van der Waals surface area (Å²) in [7, 11) is 0. The molecule has 0 aliphatic heterocycles. The summed E-state index contributed by atoms with van der Waals surface area (Å²) in [6, 6.07) is 0.0418. The highest BCUT2D eigenvalue weighted by atomic mass is 79.9. The molecule has 0 saturated heterocycles. The molecule has 2 rings (SSSR count). The molecule has 2 heterocycles. The molecule has 7 nitrogen and oxygen atoms in total. The van der Waals surface area contributed by atoms with Gasteiger partial charge in [0.15, 0.2) is 0 Å². The molecule has 2 aromatic rings. The third kappa shape index (κ3) is 3.44. The third-order valence-electron chi connectivity index (χ3n) is 2.78. The second-order valence-electron chi connectivity index (χ2n) is 4.66. The molecule has 1 N–H and O–H groups in total. The van der Waals surface area contributed by atoms with E-state index in [0.29, 0.717) is 10.2 Å². The molecule has 0 spiro atoms. The highest BCUT2D eigenvalue weighted by Crippen LogP contribution is 2.17. The Morgan fingerprint density at radius 1 is 1.45 bits per heavy atom. The van der Waals surface area contributed by atoms with Crippen LogP contribution >= 0.6 is 15.9 Å². The van der Waals surface area contributed by atoms with E-state index in [2.05, 4.69) is 36.7 Å². The second kappa shape index (κ2) is 6.65. The van der Waals surface area contributed by atoms with Crippen LogP contribution in [0.2, 0.25) is 0 Å². The van der Waals surface area contributed by atoms with E-state index < -0.39 is 0 Å². The third-order valence-corrected chi connectivity index (χ3v) is 3.55. The SMILES string of the molecule is CC(C)n1ncc(NCCCn2ccnn2)c(Br)c1=O. The van der Waals surface area contributed by atoms with Gasteiger partial charge < -0.3 is 5.32 Å². The predicted molar refractivity (Wildman–Crippen MR) is 79.7 cm³/mol. The normalized spacial score (nSPS) is 11.0. The van der Waals surface area contributed by atoms with Crippen molar-refractivity contribution in [3.8, 4) is 0 Å². The summed E-state index contributed by atoms with van der Waals surface area (Å²) in [5, 5.41) is 15.0. The van der Waals surface area contributed by atoms with Gasteiger partial charge in [0.1, 0.15) is 4.47 Å². The van der Waals surface area contributed by atoms with Gasteiger partial charge in [-0.1, -0.05) is 5.21 Å². The monoisotopic (exact) mass is 340 g/mol. The fourth-order valence-electron chi connectivity index (χ4n) is 1.75. The van der Waals surface area contributed by atoms with Gasteiger partial charge in [-0.3, -0.25) is 9.48 Å². The van der Waals surface area contributed by atoms with Crippen molar-refractivity contribution >= 4 is 21.6 Å². The van der Waals surface area contributed by atoms with Gasteiger partial charge in [0, 0.05) is 19.3 Å². The zero-order valence-electron chi connectivity index (χ0n) is 11.5. The van der Waals surface area contributed by atoms with Crippen LogP contribution in [0.3, 0.4) is 0 Å². The number of rotatable bonds is 6. The second-order valence-corrected chi connectivity index (χ2v) is 5.46. The molecule has 0 aliphatic carbocycles. The molecule has 0 aromatic carbocycles. The van der Waals surface area contributed by atoms with E-state index in [4.69, 9.17) is 0 Å². The maximum Gasteiger partial charge on any atom is 0.283 e. The van der Waals surface area contributed by atoms with Crippen LogP contribution in [0, 0.1) is 0 Å². The zero-order valence-corrected chi connectivity index (χ0v) is 13.0. The van der Waals surface area contributed by atoms with Gasteiger partial charge in [0.25, 0.3) is 5.56 Å². The zero-order chi connectivity index (χ0) is 14.5. The maximum atomic E-state index is 12.0. The minimum Gasteiger partial charge on any atom is -0.383 e. The Hall–Kier alpha value is -1.70. The molecule has 0 atom stereocenters. The molecular formula is C12H17BrN6O. The van der Waals surface area contributed by atoms with Crippen molar-refractivity contribution < 1.29 is 0 Å². The number of nitrogens with zero attached hydrogens (tertiary/aromatic N) is 5. The van der Waals surface area contributed by atoms with E-state index >= 15 is 0 Å². The van der Waals surface area contributed by atoms with Crippen LogP contribution in [0.1, 0.15) is 26.3 Å². The first-order valence-electron chi connectivity index (χ1n) is 6.45. The maximum absolute atomic E-state index is 12.0. The van der Waals surface area contributed by atoms with Crippen LogP contribution in [-0.2, 0) is 6.54 Å². The molecule has 0 amide bonds. The lowest BCUT2D eigenvalue weighted by Gasteiger charge is -2.12. The van der Waals surface area contributed by atoms with Crippen LogP contribution in [0.15, 0.2) is 27.9 Å². The minimum absolute atomic E-state index is 0.0418. The van der Waals surface area contributed by atoms with Gasteiger partial charge in [-0.05, 0) is 36.2 Å². The van der Waals surface area contributed by atoms with Crippen molar-refractivity contribution in [1.29, 1.82) is 0 Å². The average Bonchev–Trinajstić information content (AvgIpc) is 2.92. The number of nitrogens with one attached hydrogen (secondary N) is 1. The number of anilines is 1. The van der Waals surface area contributed by atoms with Gasteiger partial charge in [-0.25, -0.2) is 4.68 Å². The summed E-state index contributed by atoms with van der Waals surface area (Å²) in [4.78, 5) is 12.0. The quantitative estimate of drug-likeness (QED) is 0.809. The first kappa shape index (κ1) is 14.7. The van der Waals surface area contributed by atoms with Crippen LogP contribution in [-0.4, -0.2) is 31.3 Å². The fraction of sp³-hybridized carbons (Fsp3) is 0.500. The standard InChI is InChI=1S/C12H17BrN6O/c1-9(2)19-12(20)11(13)10(8-16-19)14-4-3-6-18-7-5-15-17-18/h5,7-9,14H,3-4,6H2,1-2H3. The molecule has 0 fully saturated rings. The van der Waals surface area contributed by atoms with Crippen LogP contribution in [0.4, 0.5) is 5.69 Å². The van der Waals surface area contributed by atoms with Crippen molar-refractivity contribution in [3.63, 3.8) is 0 Å². The average molecular weight is 341 g/mol.